The van der Waals surface area contributed by atoms with E-state index in [9.17, 15) is 14.9 Å². The lowest BCUT2D eigenvalue weighted by Gasteiger charge is -2.15. The summed E-state index contributed by atoms with van der Waals surface area (Å²) in [4.78, 5) is 24.2. The molecule has 3 aromatic carbocycles. The van der Waals surface area contributed by atoms with E-state index in [2.05, 4.69) is 15.5 Å². The first kappa shape index (κ1) is 23.0. The predicted octanol–water partition coefficient (Wildman–Crippen LogP) is 5.43. The molecule has 10 heteroatoms. The molecule has 0 unspecified atom stereocenters. The Labute approximate surface area is 199 Å². The van der Waals surface area contributed by atoms with Crippen molar-refractivity contribution < 1.29 is 18.9 Å². The summed E-state index contributed by atoms with van der Waals surface area (Å²) in [5.41, 5.74) is 1.95. The molecule has 1 aromatic heterocycles. The number of aryl methyl sites for hydroxylation is 1. The van der Waals surface area contributed by atoms with Gasteiger partial charge in [0, 0.05) is 6.07 Å². The Hall–Kier alpha value is -4.18. The van der Waals surface area contributed by atoms with E-state index >= 15 is 0 Å². The highest BCUT2D eigenvalue weighted by atomic mass is 32.2. The van der Waals surface area contributed by atoms with Crippen LogP contribution in [0.1, 0.15) is 16.4 Å². The van der Waals surface area contributed by atoms with E-state index in [0.29, 0.717) is 22.4 Å². The maximum atomic E-state index is 13.3. The van der Waals surface area contributed by atoms with E-state index in [0.717, 1.165) is 11.8 Å². The summed E-state index contributed by atoms with van der Waals surface area (Å²) >= 11 is 1.05. The summed E-state index contributed by atoms with van der Waals surface area (Å²) in [5.74, 6) is 0.369. The Morgan fingerprint density at radius 2 is 1.82 bits per heavy atom. The van der Waals surface area contributed by atoms with Crippen molar-refractivity contribution in [3.8, 4) is 17.2 Å². The molecular formula is C24H20N4O5S. The van der Waals surface area contributed by atoms with Crippen molar-refractivity contribution in [1.29, 1.82) is 0 Å². The average molecular weight is 477 g/mol. The number of nitro benzene ring substituents is 1. The molecule has 1 N–H and O–H groups in total. The molecule has 0 radical (unpaired) electrons. The molecule has 0 fully saturated rings. The fraction of sp³-hybridized carbons (Fsp3) is 0.125. The number of aromatic nitrogens is 2. The third-order valence-corrected chi connectivity index (χ3v) is 6.00. The van der Waals surface area contributed by atoms with Crippen LogP contribution in [0, 0.1) is 17.0 Å². The van der Waals surface area contributed by atoms with Crippen molar-refractivity contribution in [3.63, 3.8) is 0 Å². The lowest BCUT2D eigenvalue weighted by molar-refractivity contribution is -0.384. The summed E-state index contributed by atoms with van der Waals surface area (Å²) in [5, 5.41) is 21.7. The zero-order chi connectivity index (χ0) is 24.1. The number of nitrogens with one attached hydrogen (secondary N) is 1. The topological polar surface area (TPSA) is 120 Å². The number of methoxy groups -OCH3 is 1. The second kappa shape index (κ2) is 10.2. The maximum Gasteiger partial charge on any atom is 0.293 e. The molecule has 0 spiro atoms. The van der Waals surface area contributed by atoms with Gasteiger partial charge in [0.2, 0.25) is 5.91 Å². The maximum absolute atomic E-state index is 13.3. The number of anilines is 1. The molecule has 0 saturated heterocycles. The summed E-state index contributed by atoms with van der Waals surface area (Å²) in [6.45, 7) is 1.75. The number of nitrogens with zero attached hydrogens (tertiary/aromatic N) is 3. The third-order valence-electron chi connectivity index (χ3n) is 4.91. The number of amides is 1. The van der Waals surface area contributed by atoms with Gasteiger partial charge in [0.25, 0.3) is 16.8 Å². The number of thioether (sulfide) groups is 1. The van der Waals surface area contributed by atoms with E-state index in [1.807, 2.05) is 18.2 Å². The Morgan fingerprint density at radius 1 is 1.09 bits per heavy atom. The molecule has 1 atom stereocenters. The van der Waals surface area contributed by atoms with Gasteiger partial charge in [0.1, 0.15) is 16.7 Å². The largest absolute Gasteiger partial charge is 0.496 e. The van der Waals surface area contributed by atoms with Gasteiger partial charge < -0.3 is 14.5 Å². The SMILES string of the molecule is COc1ccccc1-c1nnc(S[C@H](C(=O)Nc2ccc(C)cc2[N+](=O)[O-])c2ccccc2)o1. The second-order valence-electron chi connectivity index (χ2n) is 7.25. The number of hydrogen-bond donors (Lipinski definition) is 1. The second-order valence-corrected chi connectivity index (χ2v) is 8.31. The molecule has 0 aliphatic carbocycles. The van der Waals surface area contributed by atoms with Crippen LogP contribution in [-0.4, -0.2) is 28.1 Å². The molecule has 1 amide bonds. The van der Waals surface area contributed by atoms with Crippen LogP contribution in [0.4, 0.5) is 11.4 Å². The summed E-state index contributed by atoms with van der Waals surface area (Å²) in [7, 11) is 1.55. The predicted molar refractivity (Wildman–Crippen MR) is 128 cm³/mol. The van der Waals surface area contributed by atoms with Crippen LogP contribution in [0.25, 0.3) is 11.5 Å². The van der Waals surface area contributed by atoms with Gasteiger partial charge in [0.05, 0.1) is 17.6 Å². The van der Waals surface area contributed by atoms with Gasteiger partial charge in [0.15, 0.2) is 0 Å². The molecule has 0 aliphatic heterocycles. The normalized spacial score (nSPS) is 11.6. The van der Waals surface area contributed by atoms with E-state index in [1.165, 1.54) is 12.1 Å². The van der Waals surface area contributed by atoms with Gasteiger partial charge in [-0.15, -0.1) is 10.2 Å². The van der Waals surface area contributed by atoms with Crippen LogP contribution in [0.3, 0.4) is 0 Å². The minimum Gasteiger partial charge on any atom is -0.496 e. The zero-order valence-corrected chi connectivity index (χ0v) is 19.1. The molecular weight excluding hydrogens is 456 g/mol. The number of benzene rings is 3. The standard InChI is InChI=1S/C24H20N4O5S/c1-15-12-13-18(19(14-15)28(30)31)25-22(29)21(16-8-4-3-5-9-16)34-24-27-26-23(33-24)17-10-6-7-11-20(17)32-2/h3-14,21H,1-2H3,(H,25,29)/t21-/m0/s1. The molecule has 4 aromatic rings. The van der Waals surface area contributed by atoms with Gasteiger partial charge in [-0.2, -0.15) is 0 Å². The zero-order valence-electron chi connectivity index (χ0n) is 18.3. The smallest absolute Gasteiger partial charge is 0.293 e. The quantitative estimate of drug-likeness (QED) is 0.203. The number of nitro groups is 1. The van der Waals surface area contributed by atoms with Crippen LogP contribution in [0.5, 0.6) is 5.75 Å². The van der Waals surface area contributed by atoms with Crippen LogP contribution in [-0.2, 0) is 4.79 Å². The van der Waals surface area contributed by atoms with E-state index in [1.54, 1.807) is 56.5 Å². The van der Waals surface area contributed by atoms with Crippen molar-refractivity contribution in [3.05, 3.63) is 94.0 Å². The van der Waals surface area contributed by atoms with Crippen molar-refractivity contribution in [2.24, 2.45) is 0 Å². The van der Waals surface area contributed by atoms with Crippen LogP contribution < -0.4 is 10.1 Å². The third kappa shape index (κ3) is 5.07. The van der Waals surface area contributed by atoms with Crippen LogP contribution in [0.2, 0.25) is 0 Å². The van der Waals surface area contributed by atoms with Crippen molar-refractivity contribution >= 4 is 29.0 Å². The van der Waals surface area contributed by atoms with Crippen molar-refractivity contribution in [1.82, 2.24) is 10.2 Å². The summed E-state index contributed by atoms with van der Waals surface area (Å²) in [6, 6.07) is 20.9. The molecule has 4 rings (SSSR count). The highest BCUT2D eigenvalue weighted by Crippen LogP contribution is 2.38. The first-order valence-electron chi connectivity index (χ1n) is 10.2. The average Bonchev–Trinajstić information content (AvgIpc) is 3.32. The number of para-hydroxylation sites is 1. The molecule has 172 valence electrons. The van der Waals surface area contributed by atoms with Gasteiger partial charge in [-0.1, -0.05) is 48.5 Å². The molecule has 9 nitrogen and oxygen atoms in total. The first-order chi connectivity index (χ1) is 16.5. The van der Waals surface area contributed by atoms with Gasteiger partial charge >= 0.3 is 0 Å². The summed E-state index contributed by atoms with van der Waals surface area (Å²) < 4.78 is 11.2. The van der Waals surface area contributed by atoms with Gasteiger partial charge in [-0.3, -0.25) is 14.9 Å². The van der Waals surface area contributed by atoms with E-state index in [-0.39, 0.29) is 22.5 Å². The minimum atomic E-state index is -0.798. The number of carbonyl (C=O) groups excluding carboxylic acids is 1. The molecule has 0 saturated carbocycles. The number of carbonyl (C=O) groups is 1. The van der Waals surface area contributed by atoms with Crippen LogP contribution in [0.15, 0.2) is 82.4 Å². The first-order valence-corrected chi connectivity index (χ1v) is 11.1. The monoisotopic (exact) mass is 476 g/mol. The number of rotatable bonds is 8. The highest BCUT2D eigenvalue weighted by molar-refractivity contribution is 8.00. The molecule has 34 heavy (non-hydrogen) atoms. The molecule has 1 heterocycles. The number of hydrogen-bond acceptors (Lipinski definition) is 8. The molecule has 0 aliphatic rings. The van der Waals surface area contributed by atoms with E-state index in [4.69, 9.17) is 9.15 Å². The van der Waals surface area contributed by atoms with Gasteiger partial charge in [-0.25, -0.2) is 0 Å². The van der Waals surface area contributed by atoms with E-state index < -0.39 is 16.1 Å². The van der Waals surface area contributed by atoms with Crippen molar-refractivity contribution in [2.45, 2.75) is 17.4 Å². The fourth-order valence-electron chi connectivity index (χ4n) is 3.29. The highest BCUT2D eigenvalue weighted by Gasteiger charge is 2.27. The molecule has 0 bridgehead atoms. The Kier molecular flexibility index (Phi) is 6.88. The van der Waals surface area contributed by atoms with Gasteiger partial charge in [-0.05, 0) is 48.0 Å². The fourth-order valence-corrected chi connectivity index (χ4v) is 4.16. The number of ether oxygens (including phenoxy) is 1. The lowest BCUT2D eigenvalue weighted by Crippen LogP contribution is -2.19. The lowest BCUT2D eigenvalue weighted by atomic mass is 10.1. The Balaban J connectivity index is 1.63. The Morgan fingerprint density at radius 3 is 2.56 bits per heavy atom. The van der Waals surface area contributed by atoms with Crippen molar-refractivity contribution in [2.75, 3.05) is 12.4 Å². The summed E-state index contributed by atoms with van der Waals surface area (Å²) in [6.07, 6.45) is 0. The Bertz CT molecular complexity index is 1330. The minimum absolute atomic E-state index is 0.113. The van der Waals surface area contributed by atoms with Crippen LogP contribution >= 0.6 is 11.8 Å².